The third kappa shape index (κ3) is 2.23. The Balaban J connectivity index is 2.61. The summed E-state index contributed by atoms with van der Waals surface area (Å²) in [7, 11) is 0. The Labute approximate surface area is 99.6 Å². The number of hydrogen-bond donors (Lipinski definition) is 1. The van der Waals surface area contributed by atoms with Crippen LogP contribution in [0.25, 0.3) is 10.8 Å². The zero-order valence-electron chi connectivity index (χ0n) is 9.64. The van der Waals surface area contributed by atoms with E-state index >= 15 is 0 Å². The van der Waals surface area contributed by atoms with Gasteiger partial charge < -0.3 is 9.84 Å². The van der Waals surface area contributed by atoms with Crippen molar-refractivity contribution in [1.29, 1.82) is 0 Å². The van der Waals surface area contributed by atoms with E-state index in [4.69, 9.17) is 9.84 Å². The van der Waals surface area contributed by atoms with Crippen molar-refractivity contribution in [3.05, 3.63) is 42.0 Å². The number of carboxylic acid groups (broad SMARTS) is 1. The van der Waals surface area contributed by atoms with Crippen LogP contribution >= 0.6 is 0 Å². The molecule has 0 saturated heterocycles. The van der Waals surface area contributed by atoms with Crippen molar-refractivity contribution in [2.24, 2.45) is 0 Å². The number of hydrogen-bond acceptors (Lipinski definition) is 2. The molecule has 0 fully saturated rings. The molecule has 0 unspecified atom stereocenters. The largest absolute Gasteiger partial charge is 0.492 e. The van der Waals surface area contributed by atoms with Gasteiger partial charge in [-0.05, 0) is 17.9 Å². The van der Waals surface area contributed by atoms with Crippen LogP contribution in [0.1, 0.15) is 23.7 Å². The number of fused-ring (bicyclic) bond motifs is 1. The van der Waals surface area contributed by atoms with Crippen LogP contribution in [0.5, 0.6) is 5.75 Å². The van der Waals surface area contributed by atoms with Crippen LogP contribution in [0.15, 0.2) is 36.4 Å². The molecule has 1 N–H and O–H groups in total. The van der Waals surface area contributed by atoms with E-state index in [0.29, 0.717) is 12.4 Å². The van der Waals surface area contributed by atoms with Gasteiger partial charge in [-0.2, -0.15) is 0 Å². The summed E-state index contributed by atoms with van der Waals surface area (Å²) in [6, 6.07) is 11.0. The highest BCUT2D eigenvalue weighted by atomic mass is 16.5. The SMILES string of the molecule is CCCOc1c(C(=O)O)ccc2ccccc12. The number of rotatable bonds is 4. The van der Waals surface area contributed by atoms with Crippen molar-refractivity contribution in [3.8, 4) is 5.75 Å². The Kier molecular flexibility index (Phi) is 3.28. The lowest BCUT2D eigenvalue weighted by molar-refractivity contribution is 0.0692. The van der Waals surface area contributed by atoms with Crippen LogP contribution < -0.4 is 4.74 Å². The zero-order chi connectivity index (χ0) is 12.3. The minimum atomic E-state index is -0.957. The number of aromatic carboxylic acids is 1. The lowest BCUT2D eigenvalue weighted by atomic mass is 10.1. The first-order valence-electron chi connectivity index (χ1n) is 5.62. The lowest BCUT2D eigenvalue weighted by Gasteiger charge is -2.11. The number of benzene rings is 2. The smallest absolute Gasteiger partial charge is 0.339 e. The van der Waals surface area contributed by atoms with Gasteiger partial charge in [-0.15, -0.1) is 0 Å². The molecule has 0 spiro atoms. The fraction of sp³-hybridized carbons (Fsp3) is 0.214. The van der Waals surface area contributed by atoms with Crippen LogP contribution in [-0.2, 0) is 0 Å². The average molecular weight is 230 g/mol. The Bertz CT molecular complexity index is 546. The minimum Gasteiger partial charge on any atom is -0.492 e. The van der Waals surface area contributed by atoms with E-state index in [2.05, 4.69) is 0 Å². The molecule has 0 atom stereocenters. The van der Waals surface area contributed by atoms with Gasteiger partial charge in [0.25, 0.3) is 0 Å². The molecule has 0 aliphatic heterocycles. The van der Waals surface area contributed by atoms with Crippen LogP contribution in [-0.4, -0.2) is 17.7 Å². The van der Waals surface area contributed by atoms with E-state index in [0.717, 1.165) is 17.2 Å². The van der Waals surface area contributed by atoms with Gasteiger partial charge in [0, 0.05) is 5.39 Å². The number of carboxylic acids is 1. The average Bonchev–Trinajstić information content (AvgIpc) is 2.35. The molecule has 0 aromatic heterocycles. The predicted molar refractivity (Wildman–Crippen MR) is 66.7 cm³/mol. The first-order chi connectivity index (χ1) is 8.24. The predicted octanol–water partition coefficient (Wildman–Crippen LogP) is 3.33. The van der Waals surface area contributed by atoms with Gasteiger partial charge >= 0.3 is 5.97 Å². The van der Waals surface area contributed by atoms with Crippen molar-refractivity contribution < 1.29 is 14.6 Å². The van der Waals surface area contributed by atoms with Crippen LogP contribution in [0.2, 0.25) is 0 Å². The molecule has 2 aromatic rings. The first kappa shape index (κ1) is 11.5. The van der Waals surface area contributed by atoms with Crippen molar-refractivity contribution in [3.63, 3.8) is 0 Å². The molecule has 0 heterocycles. The lowest BCUT2D eigenvalue weighted by Crippen LogP contribution is -2.04. The van der Waals surface area contributed by atoms with E-state index in [-0.39, 0.29) is 5.56 Å². The second kappa shape index (κ2) is 4.87. The Morgan fingerprint density at radius 1 is 1.24 bits per heavy atom. The Hall–Kier alpha value is -2.03. The van der Waals surface area contributed by atoms with Crippen LogP contribution in [0.4, 0.5) is 0 Å². The van der Waals surface area contributed by atoms with Crippen molar-refractivity contribution in [1.82, 2.24) is 0 Å². The summed E-state index contributed by atoms with van der Waals surface area (Å²) in [6.07, 6.45) is 0.849. The standard InChI is InChI=1S/C14H14O3/c1-2-9-17-13-11-6-4-3-5-10(11)7-8-12(13)14(15)16/h3-8H,2,9H2,1H3,(H,15,16). The van der Waals surface area contributed by atoms with Gasteiger partial charge in [0.15, 0.2) is 0 Å². The molecule has 0 aliphatic carbocycles. The van der Waals surface area contributed by atoms with Gasteiger partial charge in [-0.3, -0.25) is 0 Å². The molecular formula is C14H14O3. The van der Waals surface area contributed by atoms with Gasteiger partial charge in [0.2, 0.25) is 0 Å². The quantitative estimate of drug-likeness (QED) is 0.876. The van der Waals surface area contributed by atoms with Gasteiger partial charge in [-0.25, -0.2) is 4.79 Å². The van der Waals surface area contributed by atoms with Gasteiger partial charge in [0.1, 0.15) is 11.3 Å². The molecule has 3 heteroatoms. The molecule has 0 bridgehead atoms. The third-order valence-corrected chi connectivity index (χ3v) is 2.56. The third-order valence-electron chi connectivity index (χ3n) is 2.56. The maximum atomic E-state index is 11.1. The monoisotopic (exact) mass is 230 g/mol. The molecule has 0 amide bonds. The van der Waals surface area contributed by atoms with Crippen LogP contribution in [0.3, 0.4) is 0 Å². The molecular weight excluding hydrogens is 216 g/mol. The highest BCUT2D eigenvalue weighted by Crippen LogP contribution is 2.30. The van der Waals surface area contributed by atoms with E-state index < -0.39 is 5.97 Å². The molecule has 3 nitrogen and oxygen atoms in total. The fourth-order valence-electron chi connectivity index (χ4n) is 1.77. The second-order valence-corrected chi connectivity index (χ2v) is 3.82. The summed E-state index contributed by atoms with van der Waals surface area (Å²) in [5.74, 6) is -0.487. The van der Waals surface area contributed by atoms with Crippen molar-refractivity contribution in [2.75, 3.05) is 6.61 Å². The number of ether oxygens (including phenoxy) is 1. The molecule has 0 radical (unpaired) electrons. The summed E-state index contributed by atoms with van der Waals surface area (Å²) in [4.78, 5) is 11.1. The highest BCUT2D eigenvalue weighted by Gasteiger charge is 2.14. The van der Waals surface area contributed by atoms with E-state index in [9.17, 15) is 4.79 Å². The fourth-order valence-corrected chi connectivity index (χ4v) is 1.77. The summed E-state index contributed by atoms with van der Waals surface area (Å²) in [5, 5.41) is 11.0. The Morgan fingerprint density at radius 3 is 2.71 bits per heavy atom. The van der Waals surface area contributed by atoms with Crippen molar-refractivity contribution in [2.45, 2.75) is 13.3 Å². The second-order valence-electron chi connectivity index (χ2n) is 3.82. The minimum absolute atomic E-state index is 0.220. The summed E-state index contributed by atoms with van der Waals surface area (Å²) in [5.41, 5.74) is 0.220. The van der Waals surface area contributed by atoms with Gasteiger partial charge in [-0.1, -0.05) is 37.3 Å². The molecule has 0 saturated carbocycles. The topological polar surface area (TPSA) is 46.5 Å². The van der Waals surface area contributed by atoms with E-state index in [1.807, 2.05) is 31.2 Å². The molecule has 2 aromatic carbocycles. The highest BCUT2D eigenvalue weighted by molar-refractivity contribution is 6.00. The Morgan fingerprint density at radius 2 is 2.00 bits per heavy atom. The zero-order valence-corrected chi connectivity index (χ0v) is 9.64. The number of carbonyl (C=O) groups is 1. The normalized spacial score (nSPS) is 10.4. The molecule has 0 aliphatic rings. The van der Waals surface area contributed by atoms with E-state index in [1.165, 1.54) is 0 Å². The van der Waals surface area contributed by atoms with Crippen molar-refractivity contribution >= 4 is 16.7 Å². The molecule has 88 valence electrons. The van der Waals surface area contributed by atoms with Crippen LogP contribution in [0, 0.1) is 0 Å². The molecule has 2 rings (SSSR count). The summed E-state index contributed by atoms with van der Waals surface area (Å²) in [6.45, 7) is 2.51. The first-order valence-corrected chi connectivity index (χ1v) is 5.62. The summed E-state index contributed by atoms with van der Waals surface area (Å²) < 4.78 is 5.58. The maximum absolute atomic E-state index is 11.1. The van der Waals surface area contributed by atoms with E-state index in [1.54, 1.807) is 12.1 Å². The molecule has 17 heavy (non-hydrogen) atoms. The van der Waals surface area contributed by atoms with Gasteiger partial charge in [0.05, 0.1) is 6.61 Å². The summed E-state index contributed by atoms with van der Waals surface area (Å²) >= 11 is 0. The maximum Gasteiger partial charge on any atom is 0.339 e.